The van der Waals surface area contributed by atoms with Gasteiger partial charge in [0.15, 0.2) is 0 Å². The molecule has 38 heavy (non-hydrogen) atoms. The molecule has 1 fully saturated rings. The second kappa shape index (κ2) is 12.9. The summed E-state index contributed by atoms with van der Waals surface area (Å²) >= 11 is 0. The number of halogens is 1. The van der Waals surface area contributed by atoms with E-state index in [4.69, 9.17) is 11.5 Å². The number of benzene rings is 2. The molecule has 0 aliphatic heterocycles. The Labute approximate surface area is 223 Å². The standard InChI is InChI=1S/C29H39FN4O4/c1-18-15-20(11-14-25(18)35)17-24(27(32)36)33(2)29(38)26(21-7-5-4-6-8-21)34(3)28(37)23(31)16-19-9-12-22(30)13-10-19/h9-15,21,23-24,26,35H,4-8,16-17,31H2,1-3H3,(H2,32,36)/t23-,24-,26+/m0/s1. The zero-order valence-electron chi connectivity index (χ0n) is 22.4. The number of amides is 3. The lowest BCUT2D eigenvalue weighted by atomic mass is 9.82. The van der Waals surface area contributed by atoms with Crippen molar-refractivity contribution in [2.75, 3.05) is 14.1 Å². The maximum atomic E-state index is 14.0. The summed E-state index contributed by atoms with van der Waals surface area (Å²) in [5.41, 5.74) is 14.1. The first-order valence-electron chi connectivity index (χ1n) is 13.1. The van der Waals surface area contributed by atoms with Gasteiger partial charge < -0.3 is 26.4 Å². The fourth-order valence-electron chi connectivity index (χ4n) is 5.35. The minimum absolute atomic E-state index is 0.0740. The third kappa shape index (κ3) is 7.10. The van der Waals surface area contributed by atoms with Crippen molar-refractivity contribution in [3.05, 3.63) is 65.0 Å². The predicted octanol–water partition coefficient (Wildman–Crippen LogP) is 2.67. The molecule has 206 valence electrons. The number of carbonyl (C=O) groups is 3. The van der Waals surface area contributed by atoms with Crippen LogP contribution in [0.25, 0.3) is 0 Å². The Morgan fingerprint density at radius 2 is 1.55 bits per heavy atom. The molecule has 0 unspecified atom stereocenters. The first kappa shape index (κ1) is 29.1. The van der Waals surface area contributed by atoms with Gasteiger partial charge in [0.05, 0.1) is 6.04 Å². The highest BCUT2D eigenvalue weighted by Gasteiger charge is 2.40. The Morgan fingerprint density at radius 1 is 0.947 bits per heavy atom. The van der Waals surface area contributed by atoms with E-state index in [1.807, 2.05) is 0 Å². The van der Waals surface area contributed by atoms with Crippen molar-refractivity contribution in [2.24, 2.45) is 17.4 Å². The SMILES string of the molecule is Cc1cc(C[C@@H](C(N)=O)N(C)C(=O)[C@@H](C2CCCCC2)N(C)C(=O)[C@@H](N)Cc2ccc(F)cc2)ccc1O. The van der Waals surface area contributed by atoms with E-state index in [9.17, 15) is 23.9 Å². The summed E-state index contributed by atoms with van der Waals surface area (Å²) < 4.78 is 13.3. The van der Waals surface area contributed by atoms with Crippen LogP contribution in [0.5, 0.6) is 5.75 Å². The van der Waals surface area contributed by atoms with E-state index < -0.39 is 29.9 Å². The van der Waals surface area contributed by atoms with Crippen molar-refractivity contribution >= 4 is 17.7 Å². The van der Waals surface area contributed by atoms with Gasteiger partial charge in [-0.1, -0.05) is 43.5 Å². The number of primary amides is 1. The molecule has 0 spiro atoms. The van der Waals surface area contributed by atoms with Crippen LogP contribution in [-0.2, 0) is 27.2 Å². The summed E-state index contributed by atoms with van der Waals surface area (Å²) in [4.78, 5) is 42.7. The highest BCUT2D eigenvalue weighted by molar-refractivity contribution is 5.93. The molecule has 0 aromatic heterocycles. The summed E-state index contributed by atoms with van der Waals surface area (Å²) in [7, 11) is 3.12. The number of nitrogens with two attached hydrogens (primary N) is 2. The number of phenols is 1. The van der Waals surface area contributed by atoms with Crippen molar-refractivity contribution in [3.8, 4) is 5.75 Å². The van der Waals surface area contributed by atoms with E-state index in [1.165, 1.54) is 29.0 Å². The van der Waals surface area contributed by atoms with Crippen molar-refractivity contribution < 1.29 is 23.9 Å². The Bertz CT molecular complexity index is 1130. The lowest BCUT2D eigenvalue weighted by Gasteiger charge is -2.40. The average molecular weight is 527 g/mol. The van der Waals surface area contributed by atoms with E-state index in [1.54, 1.807) is 44.3 Å². The molecule has 0 radical (unpaired) electrons. The second-order valence-electron chi connectivity index (χ2n) is 10.4. The lowest BCUT2D eigenvalue weighted by Crippen LogP contribution is -2.59. The predicted molar refractivity (Wildman–Crippen MR) is 144 cm³/mol. The Morgan fingerprint density at radius 3 is 2.13 bits per heavy atom. The number of hydrogen-bond donors (Lipinski definition) is 3. The highest BCUT2D eigenvalue weighted by atomic mass is 19.1. The van der Waals surface area contributed by atoms with Gasteiger partial charge in [0.1, 0.15) is 23.7 Å². The molecule has 3 amide bonds. The van der Waals surface area contributed by atoms with Gasteiger partial charge >= 0.3 is 0 Å². The summed E-state index contributed by atoms with van der Waals surface area (Å²) in [6.45, 7) is 1.75. The maximum absolute atomic E-state index is 14.0. The van der Waals surface area contributed by atoms with Crippen molar-refractivity contribution in [2.45, 2.75) is 70.0 Å². The molecule has 1 aliphatic carbocycles. The molecule has 0 bridgehead atoms. The number of likely N-dealkylation sites (N-methyl/N-ethyl adjacent to an activating group) is 2. The molecular formula is C29H39FN4O4. The number of aromatic hydroxyl groups is 1. The fourth-order valence-corrected chi connectivity index (χ4v) is 5.35. The molecular weight excluding hydrogens is 487 g/mol. The molecule has 1 saturated carbocycles. The van der Waals surface area contributed by atoms with Gasteiger partial charge in [0.25, 0.3) is 0 Å². The van der Waals surface area contributed by atoms with Crippen LogP contribution in [0.15, 0.2) is 42.5 Å². The van der Waals surface area contributed by atoms with Crippen molar-refractivity contribution in [1.29, 1.82) is 0 Å². The molecule has 0 saturated heterocycles. The van der Waals surface area contributed by atoms with Crippen LogP contribution in [0.4, 0.5) is 4.39 Å². The van der Waals surface area contributed by atoms with E-state index in [2.05, 4.69) is 0 Å². The number of hydrogen-bond acceptors (Lipinski definition) is 5. The van der Waals surface area contributed by atoms with Gasteiger partial charge in [-0.25, -0.2) is 4.39 Å². The van der Waals surface area contributed by atoms with Gasteiger partial charge in [-0.2, -0.15) is 0 Å². The summed E-state index contributed by atoms with van der Waals surface area (Å²) in [5, 5.41) is 9.84. The van der Waals surface area contributed by atoms with Crippen LogP contribution in [0.1, 0.15) is 48.8 Å². The fraction of sp³-hybridized carbons (Fsp3) is 0.483. The minimum atomic E-state index is -0.936. The monoisotopic (exact) mass is 526 g/mol. The second-order valence-corrected chi connectivity index (χ2v) is 10.4. The van der Waals surface area contributed by atoms with Crippen LogP contribution < -0.4 is 11.5 Å². The molecule has 9 heteroatoms. The van der Waals surface area contributed by atoms with Crippen molar-refractivity contribution in [1.82, 2.24) is 9.80 Å². The van der Waals surface area contributed by atoms with E-state index in [0.717, 1.165) is 43.2 Å². The molecule has 5 N–H and O–H groups in total. The van der Waals surface area contributed by atoms with Crippen LogP contribution in [-0.4, -0.2) is 64.8 Å². The Balaban J connectivity index is 1.83. The number of nitrogens with zero attached hydrogens (tertiary/aromatic N) is 2. The van der Waals surface area contributed by atoms with Gasteiger partial charge in [-0.15, -0.1) is 0 Å². The molecule has 8 nitrogen and oxygen atoms in total. The Kier molecular flexibility index (Phi) is 9.85. The number of carbonyl (C=O) groups excluding carboxylic acids is 3. The van der Waals surface area contributed by atoms with Crippen LogP contribution in [0.2, 0.25) is 0 Å². The lowest BCUT2D eigenvalue weighted by molar-refractivity contribution is -0.150. The molecule has 2 aromatic rings. The maximum Gasteiger partial charge on any atom is 0.246 e. The van der Waals surface area contributed by atoms with E-state index in [0.29, 0.717) is 5.56 Å². The smallest absolute Gasteiger partial charge is 0.246 e. The normalized spacial score (nSPS) is 16.3. The zero-order chi connectivity index (χ0) is 28.0. The van der Waals surface area contributed by atoms with Gasteiger partial charge in [-0.3, -0.25) is 14.4 Å². The van der Waals surface area contributed by atoms with Crippen molar-refractivity contribution in [3.63, 3.8) is 0 Å². The first-order valence-corrected chi connectivity index (χ1v) is 13.1. The third-order valence-electron chi connectivity index (χ3n) is 7.63. The van der Waals surface area contributed by atoms with Gasteiger partial charge in [0.2, 0.25) is 17.7 Å². The first-order chi connectivity index (χ1) is 18.0. The number of aryl methyl sites for hydroxylation is 1. The van der Waals surface area contributed by atoms with Crippen LogP contribution in [0, 0.1) is 18.7 Å². The summed E-state index contributed by atoms with van der Waals surface area (Å²) in [6.07, 6.45) is 4.93. The highest BCUT2D eigenvalue weighted by Crippen LogP contribution is 2.31. The van der Waals surface area contributed by atoms with E-state index in [-0.39, 0.29) is 36.2 Å². The third-order valence-corrected chi connectivity index (χ3v) is 7.63. The summed E-state index contributed by atoms with van der Waals surface area (Å²) in [6, 6.07) is 8.16. The molecule has 3 atom stereocenters. The number of phenolic OH excluding ortho intramolecular Hbond substituents is 1. The molecule has 0 heterocycles. The summed E-state index contributed by atoms with van der Waals surface area (Å²) in [5.74, 6) is -1.71. The van der Waals surface area contributed by atoms with Gasteiger partial charge in [-0.05, 0) is 67.0 Å². The van der Waals surface area contributed by atoms with Crippen LogP contribution >= 0.6 is 0 Å². The van der Waals surface area contributed by atoms with E-state index >= 15 is 0 Å². The number of rotatable bonds is 10. The molecule has 1 aliphatic rings. The van der Waals surface area contributed by atoms with Crippen LogP contribution in [0.3, 0.4) is 0 Å². The quantitative estimate of drug-likeness (QED) is 0.438. The van der Waals surface area contributed by atoms with Gasteiger partial charge in [0, 0.05) is 20.5 Å². The average Bonchev–Trinajstić information content (AvgIpc) is 2.90. The largest absolute Gasteiger partial charge is 0.508 e. The zero-order valence-corrected chi connectivity index (χ0v) is 22.4. The Hall–Kier alpha value is -3.46. The minimum Gasteiger partial charge on any atom is -0.508 e. The molecule has 2 aromatic carbocycles. The molecule has 3 rings (SSSR count). The topological polar surface area (TPSA) is 130 Å².